The van der Waals surface area contributed by atoms with Crippen molar-refractivity contribution >= 4 is 22.6 Å². The lowest BCUT2D eigenvalue weighted by atomic mass is 10.0. The molecule has 146 valence electrons. The van der Waals surface area contributed by atoms with Crippen LogP contribution < -0.4 is 0 Å². The molecule has 25 heavy (non-hydrogen) atoms. The summed E-state index contributed by atoms with van der Waals surface area (Å²) in [6.45, 7) is 7.53. The molecule has 0 aromatic carbocycles. The molecule has 1 nitrogen and oxygen atoms in total. The Morgan fingerprint density at radius 1 is 0.680 bits per heavy atom. The van der Waals surface area contributed by atoms with Gasteiger partial charge >= 0.3 is 0 Å². The minimum Gasteiger partial charge on any atom is -0.313 e. The summed E-state index contributed by atoms with van der Waals surface area (Å²) < 4.78 is 4.41. The number of likely N-dealkylation sites (tertiary alicyclic amines) is 1. The largest absolute Gasteiger partial charge is 0.313 e. The van der Waals surface area contributed by atoms with Gasteiger partial charge < -0.3 is 4.48 Å². The lowest BCUT2D eigenvalue weighted by Gasteiger charge is -2.36. The zero-order valence-corrected chi connectivity index (χ0v) is 19.1. The highest BCUT2D eigenvalue weighted by Gasteiger charge is 2.26. The highest BCUT2D eigenvalue weighted by molar-refractivity contribution is 14.1. The average molecular weight is 461 g/mol. The van der Waals surface area contributed by atoms with Gasteiger partial charge in [0.2, 0.25) is 0 Å². The van der Waals surface area contributed by atoms with Crippen molar-refractivity contribution < 1.29 is 4.48 Å². The van der Waals surface area contributed by atoms with Crippen LogP contribution in [0.4, 0.5) is 0 Å². The number of rotatable bonds is 14. The molecule has 0 bridgehead atoms. The fourth-order valence-electron chi connectivity index (χ4n) is 4.31. The summed E-state index contributed by atoms with van der Waals surface area (Å²) in [6, 6.07) is 0. The Kier molecular flexibility index (Phi) is 15.3. The third-order valence-electron chi connectivity index (χ3n) is 5.98. The molecule has 0 spiro atoms. The van der Waals surface area contributed by atoms with Crippen molar-refractivity contribution in [3.05, 3.63) is 0 Å². The zero-order chi connectivity index (χ0) is 18.1. The van der Waals surface area contributed by atoms with Crippen LogP contribution in [-0.4, -0.2) is 30.7 Å². The summed E-state index contributed by atoms with van der Waals surface area (Å²) in [5.74, 6) is 3.39. The second kappa shape index (κ2) is 16.4. The first-order chi connectivity index (χ1) is 12.3. The summed E-state index contributed by atoms with van der Waals surface area (Å²) in [5.41, 5.74) is 0. The van der Waals surface area contributed by atoms with Crippen molar-refractivity contribution in [2.45, 2.75) is 110 Å². The van der Waals surface area contributed by atoms with Crippen LogP contribution in [0.25, 0.3) is 0 Å². The summed E-state index contributed by atoms with van der Waals surface area (Å²) in [6.07, 6.45) is 23.1. The number of halogens is 1. The molecule has 0 aliphatic carbocycles. The molecule has 0 radical (unpaired) electrons. The Morgan fingerprint density at radius 3 is 1.64 bits per heavy atom. The minimum atomic E-state index is 1.10. The number of hydrogen-bond acceptors (Lipinski definition) is 0. The van der Waals surface area contributed by atoms with E-state index in [0.717, 1.165) is 6.54 Å². The van der Waals surface area contributed by atoms with E-state index in [1.807, 2.05) is 0 Å². The maximum Gasteiger partial charge on any atom is 0.141 e. The second-order valence-electron chi connectivity index (χ2n) is 8.25. The van der Waals surface area contributed by atoms with Crippen molar-refractivity contribution in [3.63, 3.8) is 0 Å². The van der Waals surface area contributed by atoms with Gasteiger partial charge in [-0.25, -0.2) is 0 Å². The van der Waals surface area contributed by atoms with Crippen LogP contribution in [0.2, 0.25) is 0 Å². The lowest BCUT2D eigenvalue weighted by Crippen LogP contribution is -2.49. The highest BCUT2D eigenvalue weighted by Crippen LogP contribution is 2.20. The maximum absolute atomic E-state index is 3.39. The number of unbranched alkanes of at least 4 members (excludes halogenated alkanes) is 11. The van der Waals surface area contributed by atoms with Gasteiger partial charge in [0.1, 0.15) is 6.54 Å². The summed E-state index contributed by atoms with van der Waals surface area (Å²) in [7, 11) is 0. The second-order valence-corrected chi connectivity index (χ2v) is 8.78. The lowest BCUT2D eigenvalue weighted by molar-refractivity contribution is -0.921. The Labute approximate surface area is 172 Å². The predicted molar refractivity (Wildman–Crippen MR) is 121 cm³/mol. The molecule has 0 aromatic heterocycles. The fraction of sp³-hybridized carbons (Fsp3) is 0.913. The van der Waals surface area contributed by atoms with E-state index in [1.54, 1.807) is 0 Å². The third-order valence-corrected chi connectivity index (χ3v) is 6.36. The summed E-state index contributed by atoms with van der Waals surface area (Å²) in [4.78, 5) is 0. The van der Waals surface area contributed by atoms with Gasteiger partial charge in [0.05, 0.1) is 19.6 Å². The van der Waals surface area contributed by atoms with Gasteiger partial charge in [-0.05, 0) is 48.4 Å². The van der Waals surface area contributed by atoms with E-state index in [1.165, 1.54) is 127 Å². The highest BCUT2D eigenvalue weighted by atomic mass is 127. The molecule has 0 amide bonds. The van der Waals surface area contributed by atoms with Crippen LogP contribution in [0, 0.1) is 9.85 Å². The summed E-state index contributed by atoms with van der Waals surface area (Å²) >= 11 is 2.20. The number of quaternary nitrogens is 1. The van der Waals surface area contributed by atoms with Crippen LogP contribution in [-0.2, 0) is 0 Å². The van der Waals surface area contributed by atoms with Crippen LogP contribution in [0.15, 0.2) is 0 Å². The zero-order valence-electron chi connectivity index (χ0n) is 17.0. The average Bonchev–Trinajstić information content (AvgIpc) is 2.87. The van der Waals surface area contributed by atoms with Gasteiger partial charge in [0.25, 0.3) is 0 Å². The van der Waals surface area contributed by atoms with Gasteiger partial charge in [0.15, 0.2) is 0 Å². The van der Waals surface area contributed by atoms with Crippen LogP contribution in [0.1, 0.15) is 110 Å². The first-order valence-electron chi connectivity index (χ1n) is 11.3. The SMILES string of the molecule is CCCCCCCCCCCCCC[N+]1(CC#CI)CCCCCC1. The molecule has 1 rings (SSSR count). The van der Waals surface area contributed by atoms with Gasteiger partial charge in [-0.15, -0.1) is 0 Å². The van der Waals surface area contributed by atoms with Crippen molar-refractivity contribution in [2.75, 3.05) is 26.2 Å². The van der Waals surface area contributed by atoms with Crippen molar-refractivity contribution in [3.8, 4) is 9.85 Å². The molecule has 1 saturated heterocycles. The van der Waals surface area contributed by atoms with Gasteiger partial charge in [0, 0.05) is 22.6 Å². The Bertz CT molecular complexity index is 347. The molecule has 2 heteroatoms. The van der Waals surface area contributed by atoms with E-state index in [2.05, 4.69) is 39.4 Å². The van der Waals surface area contributed by atoms with E-state index in [-0.39, 0.29) is 0 Å². The number of hydrogen-bond donors (Lipinski definition) is 0. The first-order valence-corrected chi connectivity index (χ1v) is 12.3. The van der Waals surface area contributed by atoms with Crippen molar-refractivity contribution in [1.82, 2.24) is 0 Å². The maximum atomic E-state index is 3.39. The predicted octanol–water partition coefficient (Wildman–Crippen LogP) is 7.47. The number of nitrogens with zero attached hydrogens (tertiary/aromatic N) is 1. The molecular formula is C23H43IN+. The van der Waals surface area contributed by atoms with E-state index < -0.39 is 0 Å². The Hall–Kier alpha value is 0.250. The molecule has 0 aromatic rings. The molecule has 1 aliphatic rings. The van der Waals surface area contributed by atoms with Gasteiger partial charge in [-0.2, -0.15) is 0 Å². The standard InChI is InChI=1S/C23H43IN/c1-2-3-4-5-6-7-8-9-10-11-12-15-20-25(23-18-19-24)21-16-13-14-17-22-25/h2-17,20-23H2,1H3/q+1. The third kappa shape index (κ3) is 12.3. The van der Waals surface area contributed by atoms with Gasteiger partial charge in [-0.3, -0.25) is 0 Å². The van der Waals surface area contributed by atoms with Crippen molar-refractivity contribution in [1.29, 1.82) is 0 Å². The minimum absolute atomic E-state index is 1.10. The molecule has 0 N–H and O–H groups in total. The van der Waals surface area contributed by atoms with E-state index >= 15 is 0 Å². The monoisotopic (exact) mass is 460 g/mol. The van der Waals surface area contributed by atoms with Crippen LogP contribution in [0.3, 0.4) is 0 Å². The molecule has 1 heterocycles. The smallest absolute Gasteiger partial charge is 0.141 e. The molecule has 0 unspecified atom stereocenters. The molecular weight excluding hydrogens is 417 g/mol. The quantitative estimate of drug-likeness (QED) is 0.109. The molecule has 1 aliphatic heterocycles. The first kappa shape index (κ1) is 23.3. The fourth-order valence-corrected chi connectivity index (χ4v) is 4.48. The molecule has 0 atom stereocenters. The Balaban J connectivity index is 2.03. The molecule has 1 fully saturated rings. The normalized spacial score (nSPS) is 16.9. The van der Waals surface area contributed by atoms with Crippen molar-refractivity contribution in [2.24, 2.45) is 0 Å². The van der Waals surface area contributed by atoms with E-state index in [0.29, 0.717) is 0 Å². The topological polar surface area (TPSA) is 0 Å². The van der Waals surface area contributed by atoms with Gasteiger partial charge in [-0.1, -0.05) is 71.1 Å². The molecule has 0 saturated carbocycles. The Morgan fingerprint density at radius 2 is 1.16 bits per heavy atom. The van der Waals surface area contributed by atoms with E-state index in [9.17, 15) is 0 Å². The van der Waals surface area contributed by atoms with E-state index in [4.69, 9.17) is 0 Å². The van der Waals surface area contributed by atoms with Crippen LogP contribution in [0.5, 0.6) is 0 Å². The summed E-state index contributed by atoms with van der Waals surface area (Å²) in [5, 5.41) is 0. The van der Waals surface area contributed by atoms with Crippen LogP contribution >= 0.6 is 22.6 Å².